The Labute approximate surface area is 154 Å². The van der Waals surface area contributed by atoms with Crippen LogP contribution in [0.5, 0.6) is 0 Å². The first-order valence-electron chi connectivity index (χ1n) is 9.16. The minimum atomic E-state index is 0.272. The molecule has 25 heavy (non-hydrogen) atoms. The van der Waals surface area contributed by atoms with E-state index in [1.807, 2.05) is 23.7 Å². The predicted molar refractivity (Wildman–Crippen MR) is 101 cm³/mol. The van der Waals surface area contributed by atoms with Gasteiger partial charge in [-0.15, -0.1) is 11.3 Å². The lowest BCUT2D eigenvalue weighted by molar-refractivity contribution is 0.0704. The average molecular weight is 361 g/mol. The quantitative estimate of drug-likeness (QED) is 0.839. The topological polar surface area (TPSA) is 33.5 Å². The summed E-state index contributed by atoms with van der Waals surface area (Å²) < 4.78 is 8.15. The Morgan fingerprint density at radius 2 is 2.04 bits per heavy atom. The lowest BCUT2D eigenvalue weighted by Crippen LogP contribution is -2.40. The molecule has 0 N–H and O–H groups in total. The summed E-state index contributed by atoms with van der Waals surface area (Å²) in [6, 6.07) is 4.51. The van der Waals surface area contributed by atoms with Crippen molar-refractivity contribution in [3.05, 3.63) is 40.1 Å². The highest BCUT2D eigenvalue weighted by atomic mass is 32.1. The van der Waals surface area contributed by atoms with Gasteiger partial charge in [-0.3, -0.25) is 9.80 Å². The zero-order valence-corrected chi connectivity index (χ0v) is 16.1. The van der Waals surface area contributed by atoms with Crippen molar-refractivity contribution in [1.29, 1.82) is 0 Å². The molecule has 0 unspecified atom stereocenters. The van der Waals surface area contributed by atoms with E-state index in [4.69, 9.17) is 4.74 Å². The summed E-state index contributed by atoms with van der Waals surface area (Å²) in [5.74, 6) is 1.15. The Morgan fingerprint density at radius 1 is 1.20 bits per heavy atom. The fourth-order valence-electron chi connectivity index (χ4n) is 4.17. The second-order valence-corrected chi connectivity index (χ2v) is 9.06. The van der Waals surface area contributed by atoms with Gasteiger partial charge in [-0.05, 0) is 32.0 Å². The SMILES string of the molecule is Cc1ccc(CN2CCOC[C@@]3(CCN(Cc4nccn4C)C3)C2)s1. The van der Waals surface area contributed by atoms with Gasteiger partial charge < -0.3 is 9.30 Å². The van der Waals surface area contributed by atoms with E-state index >= 15 is 0 Å². The molecule has 4 rings (SSSR count). The van der Waals surface area contributed by atoms with Crippen molar-refractivity contribution in [3.63, 3.8) is 0 Å². The molecule has 136 valence electrons. The van der Waals surface area contributed by atoms with Gasteiger partial charge in [-0.1, -0.05) is 0 Å². The van der Waals surface area contributed by atoms with Crippen molar-refractivity contribution in [2.75, 3.05) is 39.4 Å². The van der Waals surface area contributed by atoms with Gasteiger partial charge in [0.15, 0.2) is 0 Å². The zero-order chi connectivity index (χ0) is 17.3. The Morgan fingerprint density at radius 3 is 2.76 bits per heavy atom. The van der Waals surface area contributed by atoms with Crippen molar-refractivity contribution in [2.24, 2.45) is 12.5 Å². The van der Waals surface area contributed by atoms with Crippen molar-refractivity contribution in [1.82, 2.24) is 19.4 Å². The highest BCUT2D eigenvalue weighted by Crippen LogP contribution is 2.34. The van der Waals surface area contributed by atoms with Crippen LogP contribution in [-0.4, -0.2) is 58.7 Å². The van der Waals surface area contributed by atoms with Crippen LogP contribution in [0.3, 0.4) is 0 Å². The summed E-state index contributed by atoms with van der Waals surface area (Å²) in [5, 5.41) is 0. The first-order valence-corrected chi connectivity index (χ1v) is 9.98. The molecule has 2 aliphatic heterocycles. The van der Waals surface area contributed by atoms with Crippen molar-refractivity contribution >= 4 is 11.3 Å². The van der Waals surface area contributed by atoms with Gasteiger partial charge in [0, 0.05) is 60.8 Å². The van der Waals surface area contributed by atoms with Gasteiger partial charge in [-0.2, -0.15) is 0 Å². The van der Waals surface area contributed by atoms with E-state index in [0.29, 0.717) is 0 Å². The molecule has 0 radical (unpaired) electrons. The molecule has 1 atom stereocenters. The third-order valence-corrected chi connectivity index (χ3v) is 6.48. The Bertz CT molecular complexity index is 712. The molecule has 2 saturated heterocycles. The molecule has 2 aromatic heterocycles. The molecule has 0 bridgehead atoms. The Hall–Kier alpha value is -1.21. The molecule has 4 heterocycles. The second kappa shape index (κ2) is 7.19. The maximum Gasteiger partial charge on any atom is 0.122 e. The van der Waals surface area contributed by atoms with E-state index in [0.717, 1.165) is 58.3 Å². The molecule has 0 aromatic carbocycles. The molecular formula is C19H28N4OS. The maximum atomic E-state index is 6.03. The van der Waals surface area contributed by atoms with Crippen LogP contribution in [0.15, 0.2) is 24.5 Å². The highest BCUT2D eigenvalue weighted by molar-refractivity contribution is 7.11. The van der Waals surface area contributed by atoms with Gasteiger partial charge in [0.05, 0.1) is 19.8 Å². The number of hydrogen-bond acceptors (Lipinski definition) is 5. The normalized spacial score (nSPS) is 25.7. The Balaban J connectivity index is 1.41. The first kappa shape index (κ1) is 17.2. The molecule has 6 heteroatoms. The number of ether oxygens (including phenoxy) is 1. The molecular weight excluding hydrogens is 332 g/mol. The summed E-state index contributed by atoms with van der Waals surface area (Å²) in [5.41, 5.74) is 0.272. The van der Waals surface area contributed by atoms with Gasteiger partial charge in [0.25, 0.3) is 0 Å². The molecule has 5 nitrogen and oxygen atoms in total. The molecule has 0 amide bonds. The van der Waals surface area contributed by atoms with Crippen LogP contribution in [0.4, 0.5) is 0 Å². The van der Waals surface area contributed by atoms with Gasteiger partial charge in [-0.25, -0.2) is 4.98 Å². The summed E-state index contributed by atoms with van der Waals surface area (Å²) in [6.07, 6.45) is 5.14. The number of rotatable bonds is 4. The molecule has 2 aromatic rings. The number of hydrogen-bond donors (Lipinski definition) is 0. The number of imidazole rings is 1. The smallest absolute Gasteiger partial charge is 0.122 e. The number of likely N-dealkylation sites (tertiary alicyclic amines) is 1. The summed E-state index contributed by atoms with van der Waals surface area (Å²) >= 11 is 1.92. The predicted octanol–water partition coefficient (Wildman–Crippen LogP) is 2.51. The zero-order valence-electron chi connectivity index (χ0n) is 15.3. The van der Waals surface area contributed by atoms with Crippen molar-refractivity contribution < 1.29 is 4.74 Å². The van der Waals surface area contributed by atoms with E-state index in [1.165, 1.54) is 16.2 Å². The van der Waals surface area contributed by atoms with E-state index in [2.05, 4.69) is 45.5 Å². The molecule has 1 spiro atoms. The van der Waals surface area contributed by atoms with Crippen LogP contribution >= 0.6 is 11.3 Å². The fourth-order valence-corrected chi connectivity index (χ4v) is 5.10. The minimum absolute atomic E-state index is 0.272. The lowest BCUT2D eigenvalue weighted by atomic mass is 9.87. The fraction of sp³-hybridized carbons (Fsp3) is 0.632. The highest BCUT2D eigenvalue weighted by Gasteiger charge is 2.41. The van der Waals surface area contributed by atoms with Crippen LogP contribution in [0.1, 0.15) is 22.0 Å². The number of aromatic nitrogens is 2. The van der Waals surface area contributed by atoms with Gasteiger partial charge in [0.1, 0.15) is 5.82 Å². The number of aryl methyl sites for hydroxylation is 2. The maximum absolute atomic E-state index is 6.03. The number of thiophene rings is 1. The van der Waals surface area contributed by atoms with Crippen molar-refractivity contribution in [3.8, 4) is 0 Å². The van der Waals surface area contributed by atoms with E-state index in [1.54, 1.807) is 0 Å². The number of nitrogens with zero attached hydrogens (tertiary/aromatic N) is 4. The molecule has 2 aliphatic rings. The van der Waals surface area contributed by atoms with E-state index < -0.39 is 0 Å². The average Bonchev–Trinajstić information content (AvgIpc) is 3.23. The summed E-state index contributed by atoms with van der Waals surface area (Å²) in [7, 11) is 2.08. The minimum Gasteiger partial charge on any atom is -0.379 e. The van der Waals surface area contributed by atoms with Crippen LogP contribution in [0.25, 0.3) is 0 Å². The lowest BCUT2D eigenvalue weighted by Gasteiger charge is -2.31. The molecule has 2 fully saturated rings. The van der Waals surface area contributed by atoms with Gasteiger partial charge in [0.2, 0.25) is 0 Å². The summed E-state index contributed by atoms with van der Waals surface area (Å²) in [6.45, 7) is 10.4. The van der Waals surface area contributed by atoms with Crippen LogP contribution in [-0.2, 0) is 24.9 Å². The van der Waals surface area contributed by atoms with Crippen molar-refractivity contribution in [2.45, 2.75) is 26.4 Å². The second-order valence-electron chi connectivity index (χ2n) is 7.69. The monoisotopic (exact) mass is 360 g/mol. The summed E-state index contributed by atoms with van der Waals surface area (Å²) in [4.78, 5) is 12.5. The molecule has 0 aliphatic carbocycles. The molecule has 0 saturated carbocycles. The van der Waals surface area contributed by atoms with Gasteiger partial charge >= 0.3 is 0 Å². The third kappa shape index (κ3) is 3.97. The van der Waals surface area contributed by atoms with Crippen LogP contribution in [0.2, 0.25) is 0 Å². The third-order valence-electron chi connectivity index (χ3n) is 5.50. The van der Waals surface area contributed by atoms with E-state index in [-0.39, 0.29) is 5.41 Å². The standard InChI is InChI=1S/C19H28N4OS/c1-16-3-4-17(25-16)11-23-9-10-24-15-19(14-23)5-7-22(13-19)12-18-20-6-8-21(18)2/h3-4,6,8H,5,7,9-15H2,1-2H3/t19-/m1/s1. The van der Waals surface area contributed by atoms with Crippen LogP contribution in [0, 0.1) is 12.3 Å². The first-order chi connectivity index (χ1) is 12.1. The Kier molecular flexibility index (Phi) is 4.95. The van der Waals surface area contributed by atoms with Crippen LogP contribution < -0.4 is 0 Å². The van der Waals surface area contributed by atoms with E-state index in [9.17, 15) is 0 Å². The largest absolute Gasteiger partial charge is 0.379 e.